The van der Waals surface area contributed by atoms with Gasteiger partial charge in [0, 0.05) is 48.6 Å². The average Bonchev–Trinajstić information content (AvgIpc) is 2.84. The van der Waals surface area contributed by atoms with Gasteiger partial charge in [-0.05, 0) is 65.9 Å². The van der Waals surface area contributed by atoms with E-state index in [1.807, 2.05) is 6.20 Å². The van der Waals surface area contributed by atoms with Gasteiger partial charge in [0.1, 0.15) is 5.75 Å². The van der Waals surface area contributed by atoms with Gasteiger partial charge < -0.3 is 9.47 Å². The van der Waals surface area contributed by atoms with E-state index in [0.717, 1.165) is 80.2 Å². The molecule has 0 unspecified atom stereocenters. The number of pyridine rings is 2. The zero-order valence-electron chi connectivity index (χ0n) is 19.4. The molecule has 0 atom stereocenters. The van der Waals surface area contributed by atoms with Crippen LogP contribution in [0, 0.1) is 6.92 Å². The highest BCUT2D eigenvalue weighted by Gasteiger charge is 2.21. The molecule has 4 aromatic rings. The van der Waals surface area contributed by atoms with Gasteiger partial charge in [-0.3, -0.25) is 14.9 Å². The summed E-state index contributed by atoms with van der Waals surface area (Å²) in [5, 5.41) is 2.36. The third-order valence-corrected chi connectivity index (χ3v) is 7.06. The van der Waals surface area contributed by atoms with Crippen LogP contribution in [0.1, 0.15) is 29.3 Å². The van der Waals surface area contributed by atoms with Gasteiger partial charge >= 0.3 is 0 Å². The largest absolute Gasteiger partial charge is 0.493 e. The van der Waals surface area contributed by atoms with Crippen LogP contribution in [-0.4, -0.2) is 47.8 Å². The molecule has 0 bridgehead atoms. The quantitative estimate of drug-likeness (QED) is 0.443. The van der Waals surface area contributed by atoms with Crippen LogP contribution < -0.4 is 4.74 Å². The first-order valence-electron chi connectivity index (χ1n) is 12.0. The van der Waals surface area contributed by atoms with Crippen molar-refractivity contribution in [3.8, 4) is 16.9 Å². The second-order valence-corrected chi connectivity index (χ2v) is 9.06. The molecule has 1 saturated heterocycles. The lowest BCUT2D eigenvalue weighted by molar-refractivity contribution is 0.0337. The van der Waals surface area contributed by atoms with Gasteiger partial charge in [0.15, 0.2) is 0 Å². The van der Waals surface area contributed by atoms with Crippen molar-refractivity contribution in [3.05, 3.63) is 65.0 Å². The van der Waals surface area contributed by atoms with Crippen LogP contribution in [0.3, 0.4) is 0 Å². The summed E-state index contributed by atoms with van der Waals surface area (Å²) in [6, 6.07) is 13.1. The van der Waals surface area contributed by atoms with Crippen molar-refractivity contribution in [1.82, 2.24) is 14.9 Å². The van der Waals surface area contributed by atoms with Crippen molar-refractivity contribution >= 4 is 21.8 Å². The highest BCUT2D eigenvalue weighted by molar-refractivity contribution is 6.07. The molecular weight excluding hydrogens is 410 g/mol. The molecular formula is C28H29N3O2. The van der Waals surface area contributed by atoms with Gasteiger partial charge in [-0.2, -0.15) is 0 Å². The predicted octanol–water partition coefficient (Wildman–Crippen LogP) is 5.09. The van der Waals surface area contributed by atoms with E-state index in [9.17, 15) is 0 Å². The summed E-state index contributed by atoms with van der Waals surface area (Å²) in [5.41, 5.74) is 9.61. The molecule has 5 nitrogen and oxygen atoms in total. The topological polar surface area (TPSA) is 47.5 Å². The monoisotopic (exact) mass is 439 g/mol. The van der Waals surface area contributed by atoms with Gasteiger partial charge in [0.25, 0.3) is 0 Å². The van der Waals surface area contributed by atoms with Crippen molar-refractivity contribution < 1.29 is 9.47 Å². The first kappa shape index (κ1) is 20.6. The first-order valence-corrected chi connectivity index (χ1v) is 12.0. The molecule has 4 heterocycles. The van der Waals surface area contributed by atoms with E-state index in [4.69, 9.17) is 19.4 Å². The number of fused-ring (bicyclic) bond motifs is 1. The molecule has 0 N–H and O–H groups in total. The van der Waals surface area contributed by atoms with Crippen molar-refractivity contribution in [2.24, 2.45) is 0 Å². The molecule has 0 aliphatic carbocycles. The first-order chi connectivity index (χ1) is 16.2. The second-order valence-electron chi connectivity index (χ2n) is 9.06. The summed E-state index contributed by atoms with van der Waals surface area (Å²) in [7, 11) is 0. The fourth-order valence-corrected chi connectivity index (χ4v) is 5.43. The Morgan fingerprint density at radius 3 is 2.76 bits per heavy atom. The number of morpholine rings is 1. The Labute approximate surface area is 194 Å². The molecule has 1 fully saturated rings. The number of aryl methyl sites for hydroxylation is 1. The summed E-state index contributed by atoms with van der Waals surface area (Å²) < 4.78 is 11.5. The van der Waals surface area contributed by atoms with Crippen LogP contribution in [-0.2, 0) is 24.1 Å². The molecule has 168 valence electrons. The van der Waals surface area contributed by atoms with E-state index in [-0.39, 0.29) is 0 Å². The number of aromatic nitrogens is 2. The highest BCUT2D eigenvalue weighted by atomic mass is 16.5. The third-order valence-electron chi connectivity index (χ3n) is 7.06. The van der Waals surface area contributed by atoms with Gasteiger partial charge in [-0.25, -0.2) is 0 Å². The maximum absolute atomic E-state index is 5.98. The fraction of sp³-hybridized carbons (Fsp3) is 0.357. The van der Waals surface area contributed by atoms with E-state index >= 15 is 0 Å². The van der Waals surface area contributed by atoms with E-state index in [0.29, 0.717) is 0 Å². The summed E-state index contributed by atoms with van der Waals surface area (Å²) in [6.45, 7) is 9.58. The van der Waals surface area contributed by atoms with Gasteiger partial charge in [0.2, 0.25) is 0 Å². The van der Waals surface area contributed by atoms with Gasteiger partial charge in [-0.15, -0.1) is 0 Å². The minimum absolute atomic E-state index is 0.731. The van der Waals surface area contributed by atoms with E-state index in [2.05, 4.69) is 55.1 Å². The van der Waals surface area contributed by atoms with Crippen LogP contribution in [0.5, 0.6) is 5.75 Å². The minimum atomic E-state index is 0.731. The number of hydrogen-bond donors (Lipinski definition) is 0. The Balaban J connectivity index is 1.54. The van der Waals surface area contributed by atoms with Crippen LogP contribution >= 0.6 is 0 Å². The maximum atomic E-state index is 5.98. The van der Waals surface area contributed by atoms with Crippen LogP contribution in [0.4, 0.5) is 0 Å². The van der Waals surface area contributed by atoms with E-state index in [1.165, 1.54) is 33.2 Å². The van der Waals surface area contributed by atoms with Crippen molar-refractivity contribution in [2.75, 3.05) is 32.9 Å². The van der Waals surface area contributed by atoms with Gasteiger partial charge in [-0.1, -0.05) is 13.0 Å². The lowest BCUT2D eigenvalue weighted by Gasteiger charge is -2.26. The second kappa shape index (κ2) is 8.40. The standard InChI is InChI=1S/C28H29N3O2/c1-3-21-18(2)16-24-22(5-4-20(30-24)17-31-11-14-32-15-12-31)27(21)23-6-7-25-26-19(9-13-33-25)8-10-29-28(23)26/h4-8,10,16H,3,9,11-15,17H2,1-2H3. The number of benzene rings is 2. The molecule has 33 heavy (non-hydrogen) atoms. The molecule has 5 heteroatoms. The predicted molar refractivity (Wildman–Crippen MR) is 132 cm³/mol. The minimum Gasteiger partial charge on any atom is -0.493 e. The van der Waals surface area contributed by atoms with Crippen LogP contribution in [0.2, 0.25) is 0 Å². The smallest absolute Gasteiger partial charge is 0.129 e. The van der Waals surface area contributed by atoms with Crippen LogP contribution in [0.25, 0.3) is 32.9 Å². The highest BCUT2D eigenvalue weighted by Crippen LogP contribution is 2.42. The lowest BCUT2D eigenvalue weighted by atomic mass is 9.88. The van der Waals surface area contributed by atoms with E-state index < -0.39 is 0 Å². The SMILES string of the molecule is CCc1c(C)cc2nc(CN3CCOCC3)ccc2c1-c1ccc2c3c(ccnc13)CCO2. The molecule has 2 aromatic carbocycles. The van der Waals surface area contributed by atoms with Crippen molar-refractivity contribution in [2.45, 2.75) is 33.2 Å². The maximum Gasteiger partial charge on any atom is 0.129 e. The third kappa shape index (κ3) is 3.56. The number of ether oxygens (including phenoxy) is 2. The molecule has 2 aliphatic heterocycles. The molecule has 6 rings (SSSR count). The summed E-state index contributed by atoms with van der Waals surface area (Å²) >= 11 is 0. The van der Waals surface area contributed by atoms with Crippen LogP contribution in [0.15, 0.2) is 42.6 Å². The zero-order valence-corrected chi connectivity index (χ0v) is 19.4. The molecule has 0 saturated carbocycles. The lowest BCUT2D eigenvalue weighted by Crippen LogP contribution is -2.35. The zero-order chi connectivity index (χ0) is 22.4. The average molecular weight is 440 g/mol. The number of rotatable bonds is 4. The summed E-state index contributed by atoms with van der Waals surface area (Å²) in [6.07, 6.45) is 3.84. The van der Waals surface area contributed by atoms with E-state index in [1.54, 1.807) is 0 Å². The van der Waals surface area contributed by atoms with Crippen molar-refractivity contribution in [1.29, 1.82) is 0 Å². The Bertz CT molecular complexity index is 1350. The Morgan fingerprint density at radius 1 is 1.03 bits per heavy atom. The number of hydrogen-bond acceptors (Lipinski definition) is 5. The molecule has 0 spiro atoms. The Morgan fingerprint density at radius 2 is 1.91 bits per heavy atom. The molecule has 0 radical (unpaired) electrons. The molecule has 2 aliphatic rings. The fourth-order valence-electron chi connectivity index (χ4n) is 5.43. The summed E-state index contributed by atoms with van der Waals surface area (Å²) in [5.74, 6) is 0.948. The Kier molecular flexibility index (Phi) is 5.24. The number of nitrogens with zero attached hydrogens (tertiary/aromatic N) is 3. The van der Waals surface area contributed by atoms with Gasteiger partial charge in [0.05, 0.1) is 36.5 Å². The summed E-state index contributed by atoms with van der Waals surface area (Å²) in [4.78, 5) is 12.4. The Hall–Kier alpha value is -3.02. The normalized spacial score (nSPS) is 16.3. The van der Waals surface area contributed by atoms with Crippen molar-refractivity contribution in [3.63, 3.8) is 0 Å². The molecule has 0 amide bonds. The molecule has 2 aromatic heterocycles.